The van der Waals surface area contributed by atoms with Crippen LogP contribution in [-0.4, -0.2) is 31.5 Å². The lowest BCUT2D eigenvalue weighted by Gasteiger charge is -2.58. The van der Waals surface area contributed by atoms with Crippen molar-refractivity contribution in [3.63, 3.8) is 0 Å². The minimum atomic E-state index is -0.603. The normalized spacial score (nSPS) is 41.6. The molecule has 3 fully saturated rings. The third-order valence-corrected chi connectivity index (χ3v) is 10.9. The molecular weight excluding hydrogens is 408 g/mol. The minimum absolute atomic E-state index is 0.120. The van der Waals surface area contributed by atoms with E-state index >= 15 is 0 Å². The Balaban J connectivity index is 1.39. The van der Waals surface area contributed by atoms with Crippen LogP contribution in [-0.2, 0) is 6.54 Å². The first-order valence-corrected chi connectivity index (χ1v) is 13.7. The van der Waals surface area contributed by atoms with E-state index in [1.54, 1.807) is 5.57 Å². The molecule has 0 aliphatic heterocycles. The van der Waals surface area contributed by atoms with Crippen molar-refractivity contribution in [2.45, 2.75) is 110 Å². The highest BCUT2D eigenvalue weighted by atomic mass is 16.3. The molecule has 33 heavy (non-hydrogen) atoms. The van der Waals surface area contributed by atoms with Gasteiger partial charge < -0.3 is 14.8 Å². The third-order valence-electron chi connectivity index (χ3n) is 10.9. The molecule has 4 aliphatic carbocycles. The van der Waals surface area contributed by atoms with Gasteiger partial charge in [-0.25, -0.2) is 4.98 Å². The molecule has 1 heterocycles. The molecule has 1 aromatic rings. The first-order chi connectivity index (χ1) is 15.6. The quantitative estimate of drug-likeness (QED) is 0.519. The zero-order valence-electron chi connectivity index (χ0n) is 21.3. The van der Waals surface area contributed by atoms with Crippen LogP contribution in [0.25, 0.3) is 0 Å². The molecule has 0 spiro atoms. The van der Waals surface area contributed by atoms with Crippen LogP contribution in [0.1, 0.15) is 91.9 Å². The fourth-order valence-electron chi connectivity index (χ4n) is 9.08. The molecule has 3 saturated carbocycles. The van der Waals surface area contributed by atoms with Crippen molar-refractivity contribution >= 4 is 0 Å². The van der Waals surface area contributed by atoms with E-state index in [2.05, 4.69) is 35.7 Å². The predicted molar refractivity (Wildman–Crippen MR) is 132 cm³/mol. The summed E-state index contributed by atoms with van der Waals surface area (Å²) < 4.78 is 2.27. The summed E-state index contributed by atoms with van der Waals surface area (Å²) in [6, 6.07) is 0. The average molecular weight is 455 g/mol. The summed E-state index contributed by atoms with van der Waals surface area (Å²) >= 11 is 0. The van der Waals surface area contributed by atoms with Crippen molar-refractivity contribution in [2.24, 2.45) is 40.4 Å². The fourth-order valence-corrected chi connectivity index (χ4v) is 9.08. The second-order valence-electron chi connectivity index (χ2n) is 13.3. The summed E-state index contributed by atoms with van der Waals surface area (Å²) in [5, 5.41) is 20.8. The van der Waals surface area contributed by atoms with Crippen molar-refractivity contribution in [3.8, 4) is 0 Å². The van der Waals surface area contributed by atoms with Crippen LogP contribution in [0.4, 0.5) is 0 Å². The summed E-state index contributed by atoms with van der Waals surface area (Å²) in [6.07, 6.45) is 20.0. The SMILES string of the molecule is CC(C)(O)CCC(Cn1ccnc1)C1CCC2C3CC=C4C[C@@H](O)CC[C@]4(C)C3CC[C@]12C. The van der Waals surface area contributed by atoms with Crippen LogP contribution in [0.2, 0.25) is 0 Å². The number of hydrogen-bond acceptors (Lipinski definition) is 3. The maximum absolute atomic E-state index is 10.5. The second-order valence-corrected chi connectivity index (χ2v) is 13.3. The molecule has 0 saturated heterocycles. The monoisotopic (exact) mass is 454 g/mol. The highest BCUT2D eigenvalue weighted by molar-refractivity contribution is 5.25. The van der Waals surface area contributed by atoms with Gasteiger partial charge in [0.1, 0.15) is 0 Å². The van der Waals surface area contributed by atoms with Crippen LogP contribution < -0.4 is 0 Å². The van der Waals surface area contributed by atoms with E-state index < -0.39 is 5.60 Å². The molecule has 0 radical (unpaired) electrons. The number of allylic oxidation sites excluding steroid dienone is 1. The van der Waals surface area contributed by atoms with E-state index in [-0.39, 0.29) is 6.10 Å². The van der Waals surface area contributed by atoms with Crippen LogP contribution >= 0.6 is 0 Å². The summed E-state index contributed by atoms with van der Waals surface area (Å²) in [5.41, 5.74) is 1.69. The number of aromatic nitrogens is 2. The lowest BCUT2D eigenvalue weighted by molar-refractivity contribution is -0.0611. The number of nitrogens with zero attached hydrogens (tertiary/aromatic N) is 2. The van der Waals surface area contributed by atoms with Crippen molar-refractivity contribution in [3.05, 3.63) is 30.4 Å². The highest BCUT2D eigenvalue weighted by Gasteiger charge is 2.59. The molecule has 0 aromatic carbocycles. The third kappa shape index (κ3) is 4.24. The van der Waals surface area contributed by atoms with Crippen LogP contribution in [0.15, 0.2) is 30.4 Å². The van der Waals surface area contributed by atoms with Gasteiger partial charge in [-0.1, -0.05) is 25.5 Å². The molecule has 8 atom stereocenters. The van der Waals surface area contributed by atoms with Gasteiger partial charge in [0.15, 0.2) is 0 Å². The zero-order valence-corrected chi connectivity index (χ0v) is 21.3. The fraction of sp³-hybridized carbons (Fsp3) is 0.828. The number of hydrogen-bond donors (Lipinski definition) is 2. The largest absolute Gasteiger partial charge is 0.393 e. The summed E-state index contributed by atoms with van der Waals surface area (Å²) in [4.78, 5) is 4.30. The van der Waals surface area contributed by atoms with Crippen LogP contribution in [0, 0.1) is 40.4 Å². The molecule has 184 valence electrons. The maximum atomic E-state index is 10.5. The Bertz CT molecular complexity index is 855. The van der Waals surface area contributed by atoms with Gasteiger partial charge in [-0.3, -0.25) is 0 Å². The standard InChI is InChI=1S/C29H46N2O2/c1-27(2,33)12-9-20(18-31-16-15-30-19-31)24-7-8-25-23-6-5-21-17-22(32)10-13-28(21,3)26(23)11-14-29(24,25)4/h5,15-16,19-20,22-26,32-33H,6-14,17-18H2,1-4H3/t20?,22-,23?,24?,25?,26?,28-,29+/m0/s1. The van der Waals surface area contributed by atoms with E-state index in [0.29, 0.717) is 16.7 Å². The van der Waals surface area contributed by atoms with Gasteiger partial charge in [-0.15, -0.1) is 0 Å². The van der Waals surface area contributed by atoms with Gasteiger partial charge in [0.25, 0.3) is 0 Å². The molecule has 5 rings (SSSR count). The van der Waals surface area contributed by atoms with Gasteiger partial charge in [-0.2, -0.15) is 0 Å². The molecule has 0 amide bonds. The van der Waals surface area contributed by atoms with Crippen molar-refractivity contribution in [1.82, 2.24) is 9.55 Å². The van der Waals surface area contributed by atoms with Crippen molar-refractivity contribution in [1.29, 1.82) is 0 Å². The molecule has 4 nitrogen and oxygen atoms in total. The van der Waals surface area contributed by atoms with Gasteiger partial charge in [0.05, 0.1) is 18.0 Å². The molecule has 4 heteroatoms. The lowest BCUT2D eigenvalue weighted by Crippen LogP contribution is -2.51. The van der Waals surface area contributed by atoms with E-state index in [1.165, 1.54) is 38.5 Å². The first kappa shape index (κ1) is 23.6. The van der Waals surface area contributed by atoms with Crippen molar-refractivity contribution < 1.29 is 10.2 Å². The van der Waals surface area contributed by atoms with E-state index in [9.17, 15) is 10.2 Å². The summed E-state index contributed by atoms with van der Waals surface area (Å²) in [5.74, 6) is 3.73. The Morgan fingerprint density at radius 2 is 1.97 bits per heavy atom. The topological polar surface area (TPSA) is 58.3 Å². The number of imidazole rings is 1. The Morgan fingerprint density at radius 1 is 1.15 bits per heavy atom. The van der Waals surface area contributed by atoms with Gasteiger partial charge in [-0.05, 0) is 118 Å². The number of fused-ring (bicyclic) bond motifs is 5. The Kier molecular flexibility index (Phi) is 6.09. The van der Waals surface area contributed by atoms with Gasteiger partial charge in [0.2, 0.25) is 0 Å². The van der Waals surface area contributed by atoms with Crippen LogP contribution in [0.5, 0.6) is 0 Å². The lowest BCUT2D eigenvalue weighted by atomic mass is 9.47. The average Bonchev–Trinajstić information content (AvgIpc) is 3.38. The smallest absolute Gasteiger partial charge is 0.0945 e. The number of aliphatic hydroxyl groups excluding tert-OH is 1. The molecule has 1 aromatic heterocycles. The Hall–Kier alpha value is -1.13. The molecular formula is C29H46N2O2. The van der Waals surface area contributed by atoms with Crippen molar-refractivity contribution in [2.75, 3.05) is 0 Å². The van der Waals surface area contributed by atoms with E-state index in [4.69, 9.17) is 0 Å². The minimum Gasteiger partial charge on any atom is -0.393 e. The predicted octanol–water partition coefficient (Wildman–Crippen LogP) is 5.99. The molecule has 2 N–H and O–H groups in total. The highest BCUT2D eigenvalue weighted by Crippen LogP contribution is 2.67. The maximum Gasteiger partial charge on any atom is 0.0945 e. The second kappa shape index (κ2) is 8.52. The molecule has 5 unspecified atom stereocenters. The number of rotatable bonds is 6. The number of aliphatic hydroxyl groups is 2. The summed E-state index contributed by atoms with van der Waals surface area (Å²) in [7, 11) is 0. The van der Waals surface area contributed by atoms with Gasteiger partial charge >= 0.3 is 0 Å². The van der Waals surface area contributed by atoms with E-state index in [0.717, 1.165) is 55.9 Å². The summed E-state index contributed by atoms with van der Waals surface area (Å²) in [6.45, 7) is 10.1. The first-order valence-electron chi connectivity index (χ1n) is 13.7. The molecule has 0 bridgehead atoms. The Morgan fingerprint density at radius 3 is 2.70 bits per heavy atom. The Labute approximate surface area is 200 Å². The zero-order chi connectivity index (χ0) is 23.4. The van der Waals surface area contributed by atoms with E-state index in [1.807, 2.05) is 26.4 Å². The molecule has 4 aliphatic rings. The van der Waals surface area contributed by atoms with Gasteiger partial charge in [0, 0.05) is 18.9 Å². The van der Waals surface area contributed by atoms with Crippen LogP contribution in [0.3, 0.4) is 0 Å².